The Labute approximate surface area is 236 Å². The quantitative estimate of drug-likeness (QED) is 0.265. The number of ether oxygens (including phenoxy) is 1. The molecule has 4 nitrogen and oxygen atoms in total. The summed E-state index contributed by atoms with van der Waals surface area (Å²) in [7, 11) is 0. The first-order valence-electron chi connectivity index (χ1n) is 11.3. The highest BCUT2D eigenvalue weighted by Gasteiger charge is 2.39. The van der Waals surface area contributed by atoms with Crippen LogP contribution in [0.25, 0.3) is 0 Å². The molecular formula is C27H26Br2ClF3N2O2. The summed E-state index contributed by atoms with van der Waals surface area (Å²) >= 11 is 13.2. The Bertz CT molecular complexity index is 1230. The number of hydrogen-bond acceptors (Lipinski definition) is 3. The van der Waals surface area contributed by atoms with Crippen molar-refractivity contribution in [2.45, 2.75) is 57.3 Å². The molecule has 0 bridgehead atoms. The Kier molecular flexibility index (Phi) is 9.02. The number of aromatic nitrogens is 1. The number of halogens is 6. The van der Waals surface area contributed by atoms with E-state index in [1.165, 1.54) is 0 Å². The summed E-state index contributed by atoms with van der Waals surface area (Å²) < 4.78 is 46.0. The van der Waals surface area contributed by atoms with Crippen LogP contribution in [0.15, 0.2) is 69.7 Å². The van der Waals surface area contributed by atoms with Gasteiger partial charge in [-0.1, -0.05) is 62.5 Å². The van der Waals surface area contributed by atoms with Gasteiger partial charge < -0.3 is 10.1 Å². The molecule has 2 unspecified atom stereocenters. The van der Waals surface area contributed by atoms with Crippen LogP contribution in [0, 0.1) is 0 Å². The van der Waals surface area contributed by atoms with E-state index >= 15 is 0 Å². The van der Waals surface area contributed by atoms with Crippen LogP contribution in [0.4, 0.5) is 13.2 Å². The van der Waals surface area contributed by atoms with Crippen LogP contribution in [-0.4, -0.2) is 22.5 Å². The van der Waals surface area contributed by atoms with Crippen molar-refractivity contribution in [3.8, 4) is 5.88 Å². The zero-order valence-corrected chi connectivity index (χ0v) is 24.5. The maximum atomic E-state index is 13.3. The lowest BCUT2D eigenvalue weighted by atomic mass is 9.72. The third-order valence-electron chi connectivity index (χ3n) is 6.28. The van der Waals surface area contributed by atoms with Crippen molar-refractivity contribution in [3.63, 3.8) is 0 Å². The van der Waals surface area contributed by atoms with Gasteiger partial charge >= 0.3 is 6.18 Å². The van der Waals surface area contributed by atoms with Crippen LogP contribution in [0.2, 0.25) is 5.02 Å². The van der Waals surface area contributed by atoms with Gasteiger partial charge in [0, 0.05) is 37.7 Å². The highest BCUT2D eigenvalue weighted by atomic mass is 79.9. The monoisotopic (exact) mass is 660 g/mol. The summed E-state index contributed by atoms with van der Waals surface area (Å²) in [6, 6.07) is 15.1. The maximum Gasteiger partial charge on any atom is 0.417 e. The second-order valence-corrected chi connectivity index (χ2v) is 11.8. The Morgan fingerprint density at radius 3 is 2.11 bits per heavy atom. The summed E-state index contributed by atoms with van der Waals surface area (Å²) in [5.74, 6) is -0.515. The number of amides is 1. The molecule has 3 aromatic rings. The van der Waals surface area contributed by atoms with Crippen molar-refractivity contribution in [1.82, 2.24) is 10.3 Å². The Morgan fingerprint density at radius 2 is 1.59 bits per heavy atom. The van der Waals surface area contributed by atoms with E-state index in [0.717, 1.165) is 32.2 Å². The number of hydrogen-bond donors (Lipinski definition) is 1. The number of rotatable bonds is 8. The number of benzene rings is 2. The minimum absolute atomic E-state index is 0.0827. The third kappa shape index (κ3) is 7.48. The van der Waals surface area contributed by atoms with Crippen molar-refractivity contribution >= 4 is 49.4 Å². The van der Waals surface area contributed by atoms with Crippen molar-refractivity contribution in [2.75, 3.05) is 0 Å². The van der Waals surface area contributed by atoms with Crippen molar-refractivity contribution < 1.29 is 22.7 Å². The average molecular weight is 663 g/mol. The largest absolute Gasteiger partial charge is 0.462 e. The van der Waals surface area contributed by atoms with E-state index in [-0.39, 0.29) is 11.9 Å². The second kappa shape index (κ2) is 11.3. The van der Waals surface area contributed by atoms with Crippen LogP contribution in [-0.2, 0) is 22.8 Å². The molecule has 0 aliphatic heterocycles. The van der Waals surface area contributed by atoms with Gasteiger partial charge in [0.25, 0.3) is 5.91 Å². The molecule has 10 heteroatoms. The molecule has 1 amide bonds. The first kappa shape index (κ1) is 29.5. The highest BCUT2D eigenvalue weighted by Crippen LogP contribution is 2.36. The summed E-state index contributed by atoms with van der Waals surface area (Å²) in [5.41, 5.74) is -0.833. The van der Waals surface area contributed by atoms with Crippen LogP contribution in [0.1, 0.15) is 44.4 Å². The van der Waals surface area contributed by atoms with Gasteiger partial charge in [0.2, 0.25) is 5.88 Å². The normalized spacial score (nSPS) is 14.5. The molecule has 0 saturated heterocycles. The summed E-state index contributed by atoms with van der Waals surface area (Å²) in [6.45, 7) is 7.06. The molecule has 0 aliphatic rings. The van der Waals surface area contributed by atoms with Gasteiger partial charge in [-0.3, -0.25) is 4.79 Å². The van der Waals surface area contributed by atoms with E-state index in [1.54, 1.807) is 13.8 Å². The van der Waals surface area contributed by atoms with Crippen molar-refractivity contribution in [3.05, 3.63) is 91.5 Å². The van der Waals surface area contributed by atoms with Gasteiger partial charge in [-0.25, -0.2) is 4.98 Å². The third-order valence-corrected chi connectivity index (χ3v) is 7.45. The SMILES string of the molecule is CC(NC(=O)C(C)(C)Oc1ccc(C(F)(F)F)cn1)C(C)(Cc1ccc(Cl)cc1)c1cc(Br)cc(Br)c1. The van der Waals surface area contributed by atoms with Crippen LogP contribution in [0.5, 0.6) is 5.88 Å². The number of carbonyl (C=O) groups excluding carboxylic acids is 1. The summed E-state index contributed by atoms with van der Waals surface area (Å²) in [4.78, 5) is 17.1. The van der Waals surface area contributed by atoms with Crippen LogP contribution < -0.4 is 10.1 Å². The predicted molar refractivity (Wildman–Crippen MR) is 146 cm³/mol. The number of alkyl halides is 3. The zero-order valence-electron chi connectivity index (χ0n) is 20.6. The minimum Gasteiger partial charge on any atom is -0.462 e. The molecule has 2 atom stereocenters. The molecule has 3 rings (SSSR count). The van der Waals surface area contributed by atoms with Crippen molar-refractivity contribution in [1.29, 1.82) is 0 Å². The molecule has 0 radical (unpaired) electrons. The van der Waals surface area contributed by atoms with Gasteiger partial charge in [-0.05, 0) is 74.7 Å². The summed E-state index contributed by atoms with van der Waals surface area (Å²) in [5, 5.41) is 3.69. The molecule has 37 heavy (non-hydrogen) atoms. The Balaban J connectivity index is 1.86. The second-order valence-electron chi connectivity index (χ2n) is 9.57. The van der Waals surface area contributed by atoms with Crippen LogP contribution >= 0.6 is 43.5 Å². The van der Waals surface area contributed by atoms with Gasteiger partial charge in [-0.2, -0.15) is 13.2 Å². The van der Waals surface area contributed by atoms with E-state index in [0.29, 0.717) is 17.6 Å². The molecule has 0 aliphatic carbocycles. The molecule has 2 aromatic carbocycles. The first-order chi connectivity index (χ1) is 17.1. The van der Waals surface area contributed by atoms with Crippen LogP contribution in [0.3, 0.4) is 0 Å². The predicted octanol–water partition coefficient (Wildman–Crippen LogP) is 8.14. The fraction of sp³-hybridized carbons (Fsp3) is 0.333. The number of pyridine rings is 1. The lowest BCUT2D eigenvalue weighted by Gasteiger charge is -2.39. The maximum absolute atomic E-state index is 13.3. The van der Waals surface area contributed by atoms with E-state index in [2.05, 4.69) is 49.1 Å². The van der Waals surface area contributed by atoms with Gasteiger partial charge in [0.1, 0.15) is 0 Å². The summed E-state index contributed by atoms with van der Waals surface area (Å²) in [6.07, 6.45) is -3.24. The molecule has 1 heterocycles. The lowest BCUT2D eigenvalue weighted by Crippen LogP contribution is -2.55. The topological polar surface area (TPSA) is 51.2 Å². The Morgan fingerprint density at radius 1 is 1.00 bits per heavy atom. The fourth-order valence-corrected chi connectivity index (χ4v) is 5.28. The van der Waals surface area contributed by atoms with E-state index in [9.17, 15) is 18.0 Å². The van der Waals surface area contributed by atoms with E-state index in [1.807, 2.05) is 49.4 Å². The van der Waals surface area contributed by atoms with Gasteiger partial charge in [0.05, 0.1) is 5.56 Å². The minimum atomic E-state index is -4.51. The first-order valence-corrected chi connectivity index (χ1v) is 13.3. The molecule has 1 aromatic heterocycles. The number of carbonyl (C=O) groups is 1. The molecule has 0 spiro atoms. The lowest BCUT2D eigenvalue weighted by molar-refractivity contribution is -0.138. The number of nitrogens with one attached hydrogen (secondary N) is 1. The van der Waals surface area contributed by atoms with Gasteiger partial charge in [0.15, 0.2) is 5.60 Å². The molecule has 0 fully saturated rings. The van der Waals surface area contributed by atoms with Gasteiger partial charge in [-0.15, -0.1) is 0 Å². The molecule has 1 N–H and O–H groups in total. The smallest absolute Gasteiger partial charge is 0.417 e. The zero-order chi connectivity index (χ0) is 27.6. The standard InChI is InChI=1S/C27H26Br2ClF3N2O2/c1-16(35-24(36)25(2,3)37-23-10-7-18(15-34-23)27(31,32)33)26(4,14-17-5-8-22(30)9-6-17)19-11-20(28)13-21(29)12-19/h5-13,15-16H,14H2,1-4H3,(H,35,36). The molecular weight excluding hydrogens is 637 g/mol. The fourth-order valence-electron chi connectivity index (χ4n) is 3.86. The highest BCUT2D eigenvalue weighted by molar-refractivity contribution is 9.11. The van der Waals surface area contributed by atoms with Crippen molar-refractivity contribution in [2.24, 2.45) is 0 Å². The number of nitrogens with zero attached hydrogens (tertiary/aromatic N) is 1. The van der Waals surface area contributed by atoms with E-state index in [4.69, 9.17) is 16.3 Å². The molecule has 198 valence electrons. The molecule has 0 saturated carbocycles. The average Bonchev–Trinajstić information content (AvgIpc) is 2.79. The Hall–Kier alpha value is -2.10. The van der Waals surface area contributed by atoms with E-state index < -0.39 is 28.7 Å².